The first-order chi connectivity index (χ1) is 8.17. The van der Waals surface area contributed by atoms with Crippen LogP contribution in [0.15, 0.2) is 12.3 Å². The summed E-state index contributed by atoms with van der Waals surface area (Å²) in [7, 11) is 0. The quantitative estimate of drug-likeness (QED) is 0.354. The molecule has 2 aromatic rings. The second-order valence-corrected chi connectivity index (χ2v) is 5.52. The molecule has 0 spiro atoms. The molecular weight excluding hydrogens is 375 g/mol. The smallest absolute Gasteiger partial charge is 0.339 e. The summed E-state index contributed by atoms with van der Waals surface area (Å²) in [6, 6.07) is 1.50. The Morgan fingerprint density at radius 1 is 1.71 bits per heavy atom. The summed E-state index contributed by atoms with van der Waals surface area (Å²) in [6.07, 6.45) is 2.01. The number of fused-ring (bicyclic) bond motifs is 1. The summed E-state index contributed by atoms with van der Waals surface area (Å²) >= 11 is 8.08. The van der Waals surface area contributed by atoms with Gasteiger partial charge in [-0.3, -0.25) is 0 Å². The lowest BCUT2D eigenvalue weighted by Gasteiger charge is -2.04. The van der Waals surface area contributed by atoms with Crippen LogP contribution < -0.4 is 0 Å². The number of aromatic nitrogens is 3. The summed E-state index contributed by atoms with van der Waals surface area (Å²) in [5, 5.41) is 5.08. The van der Waals surface area contributed by atoms with Crippen LogP contribution in [0.25, 0.3) is 11.0 Å². The number of carbonyl (C=O) groups is 1. The van der Waals surface area contributed by atoms with Gasteiger partial charge >= 0.3 is 5.97 Å². The maximum atomic E-state index is 11.8. The van der Waals surface area contributed by atoms with Crippen LogP contribution in [0.5, 0.6) is 0 Å². The maximum absolute atomic E-state index is 11.8. The van der Waals surface area contributed by atoms with Crippen LogP contribution in [-0.4, -0.2) is 27.1 Å². The van der Waals surface area contributed by atoms with Gasteiger partial charge in [-0.05, 0) is 35.0 Å². The normalized spacial score (nSPS) is 11.5. The second-order valence-electron chi connectivity index (χ2n) is 3.09. The van der Waals surface area contributed by atoms with Crippen molar-refractivity contribution in [2.45, 2.75) is 6.92 Å². The molecule has 0 aliphatic rings. The van der Waals surface area contributed by atoms with Gasteiger partial charge in [0.1, 0.15) is 5.15 Å². The fraction of sp³-hybridized carbons (Fsp3) is 0.222. The van der Waals surface area contributed by atoms with Gasteiger partial charge < -0.3 is 4.74 Å². The second kappa shape index (κ2) is 5.46. The van der Waals surface area contributed by atoms with Gasteiger partial charge in [-0.1, -0.05) is 11.6 Å². The van der Waals surface area contributed by atoms with Gasteiger partial charge in [0.15, 0.2) is 5.65 Å². The monoisotopic (exact) mass is 383 g/mol. The number of carbonyl (C=O) groups excluding carboxylic acids is 1. The van der Waals surface area contributed by atoms with E-state index < -0.39 is 5.97 Å². The first kappa shape index (κ1) is 13.0. The van der Waals surface area contributed by atoms with Crippen molar-refractivity contribution in [2.24, 2.45) is 0 Å². The number of esters is 1. The maximum Gasteiger partial charge on any atom is 0.339 e. The molecule has 1 unspecified atom stereocenters. The average molecular weight is 384 g/mol. The molecule has 0 N–H and O–H groups in total. The number of hydrogen-bond acceptors (Lipinski definition) is 4. The highest BCUT2D eigenvalue weighted by atomic mass is 127. The van der Waals surface area contributed by atoms with Crippen molar-refractivity contribution in [3.8, 4) is 0 Å². The number of ether oxygens (including phenoxy) is 1. The third kappa shape index (κ3) is 2.53. The Hall–Kier alpha value is -0.460. The van der Waals surface area contributed by atoms with E-state index >= 15 is 0 Å². The number of nitrogens with zero attached hydrogens (tertiary/aromatic N) is 3. The number of halogens is 2. The minimum absolute atomic E-state index is 0.261. The Balaban J connectivity index is 2.62. The van der Waals surface area contributed by atoms with E-state index in [1.54, 1.807) is 17.6 Å². The van der Waals surface area contributed by atoms with Gasteiger partial charge in [0.25, 0.3) is 0 Å². The molecule has 0 aromatic carbocycles. The van der Waals surface area contributed by atoms with Crippen LogP contribution in [0.2, 0.25) is 5.15 Å². The topological polar surface area (TPSA) is 57.0 Å². The van der Waals surface area contributed by atoms with Gasteiger partial charge in [-0.25, -0.2) is 14.2 Å². The van der Waals surface area contributed by atoms with E-state index in [-0.39, 0.29) is 5.15 Å². The molecule has 0 aliphatic heterocycles. The van der Waals surface area contributed by atoms with Crippen molar-refractivity contribution in [2.75, 3.05) is 6.61 Å². The molecule has 0 amide bonds. The van der Waals surface area contributed by atoms with Crippen molar-refractivity contribution in [3.05, 3.63) is 23.0 Å². The van der Waals surface area contributed by atoms with E-state index in [0.717, 1.165) is 0 Å². The fourth-order valence-corrected chi connectivity index (χ4v) is 3.01. The zero-order chi connectivity index (χ0) is 12.4. The Kier molecular flexibility index (Phi) is 4.17. The summed E-state index contributed by atoms with van der Waals surface area (Å²) < 4.78 is 6.67. The van der Waals surface area contributed by atoms with Gasteiger partial charge in [-0.15, -0.1) is 0 Å². The van der Waals surface area contributed by atoms with Crippen molar-refractivity contribution in [1.29, 1.82) is 0 Å². The first-order valence-electron chi connectivity index (χ1n) is 4.75. The molecule has 90 valence electrons. The molecule has 2 aromatic heterocycles. The van der Waals surface area contributed by atoms with Crippen LogP contribution in [0, 0.1) is 0 Å². The molecule has 2 rings (SSSR count). The third-order valence-corrected chi connectivity index (χ3v) is 4.14. The van der Waals surface area contributed by atoms with Gasteiger partial charge in [0, 0.05) is 0 Å². The first-order valence-corrected chi connectivity index (χ1v) is 9.19. The molecular formula is C9H8ClIN3O2P. The molecule has 8 heteroatoms. The Bertz CT molecular complexity index is 575. The van der Waals surface area contributed by atoms with Crippen molar-refractivity contribution in [1.82, 2.24) is 14.5 Å². The molecule has 0 bridgehead atoms. The average Bonchev–Trinajstić information content (AvgIpc) is 2.71. The molecule has 5 nitrogen and oxygen atoms in total. The lowest BCUT2D eigenvalue weighted by molar-refractivity contribution is 0.0528. The molecule has 1 atom stereocenters. The predicted octanol–water partition coefficient (Wildman–Crippen LogP) is 3.05. The van der Waals surface area contributed by atoms with Gasteiger partial charge in [0.05, 0.1) is 30.1 Å². The van der Waals surface area contributed by atoms with E-state index in [1.807, 2.05) is 0 Å². The fourth-order valence-electron chi connectivity index (χ4n) is 1.41. The lowest BCUT2D eigenvalue weighted by Crippen LogP contribution is -2.05. The van der Waals surface area contributed by atoms with Crippen molar-refractivity contribution < 1.29 is 9.53 Å². The highest BCUT2D eigenvalue weighted by Crippen LogP contribution is 2.30. The Morgan fingerprint density at radius 2 is 2.47 bits per heavy atom. The summed E-state index contributed by atoms with van der Waals surface area (Å²) in [4.78, 5) is 15.9. The van der Waals surface area contributed by atoms with E-state index in [9.17, 15) is 4.79 Å². The number of hydrogen-bond donors (Lipinski definition) is 0. The molecule has 17 heavy (non-hydrogen) atoms. The van der Waals surface area contributed by atoms with E-state index in [2.05, 4.69) is 32.1 Å². The predicted molar refractivity (Wildman–Crippen MR) is 76.2 cm³/mol. The molecule has 0 aliphatic carbocycles. The van der Waals surface area contributed by atoms with Crippen molar-refractivity contribution in [3.63, 3.8) is 0 Å². The standard InChI is InChI=1S/C9H8ClIN3O2P/c1-2-16-9(15)5-3-7(10)13-8-6(5)4-12-14(8)17-11/h3-4,17H,2H2,1H3. The third-order valence-electron chi connectivity index (χ3n) is 2.09. The summed E-state index contributed by atoms with van der Waals surface area (Å²) in [5.74, 6) is -0.404. The molecule has 0 radical (unpaired) electrons. The lowest BCUT2D eigenvalue weighted by atomic mass is 10.2. The van der Waals surface area contributed by atoms with Crippen LogP contribution in [-0.2, 0) is 4.74 Å². The number of pyridine rings is 1. The van der Waals surface area contributed by atoms with Crippen LogP contribution in [0.1, 0.15) is 17.3 Å². The Morgan fingerprint density at radius 3 is 3.12 bits per heavy atom. The highest BCUT2D eigenvalue weighted by Gasteiger charge is 2.16. The van der Waals surface area contributed by atoms with E-state index in [4.69, 9.17) is 16.3 Å². The van der Waals surface area contributed by atoms with Crippen LogP contribution >= 0.6 is 40.0 Å². The molecule has 2 heterocycles. The van der Waals surface area contributed by atoms with Gasteiger partial charge in [-0.2, -0.15) is 5.10 Å². The molecule has 0 saturated heterocycles. The minimum atomic E-state index is -0.404. The summed E-state index contributed by atoms with van der Waals surface area (Å²) in [6.45, 7) is 2.08. The zero-order valence-electron chi connectivity index (χ0n) is 8.78. The SMILES string of the molecule is CCOC(=O)c1cc(Cl)nc2c1cnn2PI. The Labute approximate surface area is 117 Å². The summed E-state index contributed by atoms with van der Waals surface area (Å²) in [5.41, 5.74) is 1.01. The van der Waals surface area contributed by atoms with Crippen LogP contribution in [0.4, 0.5) is 0 Å². The van der Waals surface area contributed by atoms with Crippen LogP contribution in [0.3, 0.4) is 0 Å². The minimum Gasteiger partial charge on any atom is -0.462 e. The molecule has 0 saturated carbocycles. The highest BCUT2D eigenvalue weighted by molar-refractivity contribution is 14.2. The zero-order valence-corrected chi connectivity index (χ0v) is 12.7. The molecule has 0 fully saturated rings. The largest absolute Gasteiger partial charge is 0.462 e. The van der Waals surface area contributed by atoms with E-state index in [0.29, 0.717) is 29.6 Å². The number of rotatable bonds is 3. The van der Waals surface area contributed by atoms with Gasteiger partial charge in [0.2, 0.25) is 0 Å². The van der Waals surface area contributed by atoms with E-state index in [1.165, 1.54) is 6.07 Å². The van der Waals surface area contributed by atoms with Crippen molar-refractivity contribution >= 4 is 57.0 Å².